The summed E-state index contributed by atoms with van der Waals surface area (Å²) in [7, 11) is 1.49. The van der Waals surface area contributed by atoms with E-state index in [0.717, 1.165) is 12.1 Å². The number of carbonyl (C=O) groups excluding carboxylic acids is 3. The summed E-state index contributed by atoms with van der Waals surface area (Å²) < 4.78 is 7.40. The quantitative estimate of drug-likeness (QED) is 0.308. The summed E-state index contributed by atoms with van der Waals surface area (Å²) in [5, 5.41) is 1.36. The maximum Gasteiger partial charge on any atom is 2.00 e. The second-order valence-electron chi connectivity index (χ2n) is 8.15. The van der Waals surface area contributed by atoms with E-state index in [4.69, 9.17) is 4.74 Å². The fourth-order valence-corrected chi connectivity index (χ4v) is 3.76. The van der Waals surface area contributed by atoms with Crippen LogP contribution in [0.5, 0.6) is 0 Å². The van der Waals surface area contributed by atoms with Gasteiger partial charge in [-0.15, -0.1) is 0 Å². The van der Waals surface area contributed by atoms with Crippen molar-refractivity contribution in [2.24, 2.45) is 0 Å². The molecule has 0 bridgehead atoms. The van der Waals surface area contributed by atoms with Crippen LogP contribution in [0.15, 0.2) is 30.3 Å². The van der Waals surface area contributed by atoms with E-state index in [0.29, 0.717) is 11.5 Å². The first kappa shape index (κ1) is 31.3. The SMILES string of the molecule is CCOC(=O)N(C)SN(C(=O)[C]1[CH][CH][CH][CH]1)N(C(=O)c1ccccc1)C(C)(C)C.[CH]1[CH][CH][CH][CH]1.[Fe+2]. The number of amides is 3. The smallest absolute Gasteiger partial charge is 0.449 e. The Morgan fingerprint density at radius 2 is 1.37 bits per heavy atom. The Morgan fingerprint density at radius 1 is 0.857 bits per heavy atom. The number of benzene rings is 1. The molecule has 2 fully saturated rings. The number of hydrogen-bond donors (Lipinski definition) is 0. The van der Waals surface area contributed by atoms with Gasteiger partial charge in [0.2, 0.25) is 0 Å². The van der Waals surface area contributed by atoms with E-state index in [1.807, 2.05) is 58.9 Å². The van der Waals surface area contributed by atoms with Crippen molar-refractivity contribution in [3.05, 3.63) is 99.6 Å². The predicted octanol–water partition coefficient (Wildman–Crippen LogP) is 4.75. The maximum absolute atomic E-state index is 13.4. The van der Waals surface area contributed by atoms with Crippen LogP contribution >= 0.6 is 12.1 Å². The van der Waals surface area contributed by atoms with Gasteiger partial charge in [0.15, 0.2) is 0 Å². The first-order valence-electron chi connectivity index (χ1n) is 10.9. The van der Waals surface area contributed by atoms with Crippen LogP contribution in [0, 0.1) is 63.7 Å². The van der Waals surface area contributed by atoms with Crippen molar-refractivity contribution in [1.29, 1.82) is 0 Å². The molecule has 0 aliphatic heterocycles. The van der Waals surface area contributed by atoms with Gasteiger partial charge in [-0.05, 0) is 97.6 Å². The Morgan fingerprint density at radius 3 is 1.83 bits per heavy atom. The van der Waals surface area contributed by atoms with Crippen molar-refractivity contribution in [2.75, 3.05) is 13.7 Å². The van der Waals surface area contributed by atoms with Crippen LogP contribution in [0.1, 0.15) is 38.1 Å². The van der Waals surface area contributed by atoms with Gasteiger partial charge in [0.25, 0.3) is 11.8 Å². The molecule has 2 aliphatic rings. The van der Waals surface area contributed by atoms with Gasteiger partial charge in [-0.25, -0.2) is 14.1 Å². The van der Waals surface area contributed by atoms with Crippen molar-refractivity contribution in [1.82, 2.24) is 13.7 Å². The predicted molar refractivity (Wildman–Crippen MR) is 134 cm³/mol. The van der Waals surface area contributed by atoms with Crippen molar-refractivity contribution in [2.45, 2.75) is 33.2 Å². The van der Waals surface area contributed by atoms with Crippen LogP contribution in [0.25, 0.3) is 0 Å². The first-order chi connectivity index (χ1) is 16.2. The van der Waals surface area contributed by atoms with Crippen molar-refractivity contribution in [3.63, 3.8) is 0 Å². The van der Waals surface area contributed by atoms with Gasteiger partial charge in [0.1, 0.15) is 12.1 Å². The van der Waals surface area contributed by atoms with Gasteiger partial charge in [0.05, 0.1) is 18.1 Å². The molecule has 2 saturated carbocycles. The molecule has 1 aromatic carbocycles. The molecular weight excluding hydrogens is 506 g/mol. The summed E-state index contributed by atoms with van der Waals surface area (Å²) in [5.74, 6) is -0.372. The monoisotopic (exact) mass is 537 g/mol. The topological polar surface area (TPSA) is 70.2 Å². The van der Waals surface area contributed by atoms with Gasteiger partial charge in [-0.2, -0.15) is 4.41 Å². The van der Waals surface area contributed by atoms with Crippen LogP contribution in [0.2, 0.25) is 0 Å². The van der Waals surface area contributed by atoms with Crippen LogP contribution in [-0.4, -0.2) is 50.8 Å². The Balaban J connectivity index is 0.000000904. The summed E-state index contributed by atoms with van der Waals surface area (Å²) in [6.07, 6.45) is 16.2. The Bertz CT molecular complexity index is 786. The summed E-state index contributed by atoms with van der Waals surface area (Å²) >= 11 is 0.805. The second kappa shape index (κ2) is 15.4. The van der Waals surface area contributed by atoms with E-state index in [2.05, 4.69) is 0 Å². The average molecular weight is 537 g/mol. The van der Waals surface area contributed by atoms with Gasteiger partial charge in [-0.1, -0.05) is 18.2 Å². The Labute approximate surface area is 226 Å². The standard InChI is InChI=1S/C21H26N3O4S.C5H5.Fe/c1-6-28-20(27)22(5)29-24(19(26)17-14-10-11-15-17)23(21(2,3)4)18(25)16-12-8-7-9-13-16;1-2-4-5-3-1;/h7-15H,6H2,1-5H3;1-5H;/q;;+2. The zero-order valence-electron chi connectivity index (χ0n) is 20.5. The molecular formula is C26H31FeN3O4S+2. The average Bonchev–Trinajstić information content (AvgIpc) is 3.55. The summed E-state index contributed by atoms with van der Waals surface area (Å²) in [6.45, 7) is 7.37. The molecule has 2 aliphatic carbocycles. The number of hydrazine groups is 1. The minimum absolute atomic E-state index is 0. The van der Waals surface area contributed by atoms with Gasteiger partial charge < -0.3 is 4.74 Å². The molecule has 0 saturated heterocycles. The fraction of sp³-hybridized carbons (Fsp3) is 0.269. The van der Waals surface area contributed by atoms with Crippen molar-refractivity contribution in [3.8, 4) is 0 Å². The molecule has 0 unspecified atom stereocenters. The minimum Gasteiger partial charge on any atom is -0.449 e. The molecule has 0 atom stereocenters. The third-order valence-electron chi connectivity index (χ3n) is 4.39. The van der Waals surface area contributed by atoms with Crippen LogP contribution in [0.4, 0.5) is 4.79 Å². The number of ether oxygens (including phenoxy) is 1. The van der Waals surface area contributed by atoms with E-state index in [1.165, 1.54) is 20.8 Å². The molecule has 7 nitrogen and oxygen atoms in total. The minimum atomic E-state index is -0.752. The van der Waals surface area contributed by atoms with Gasteiger partial charge in [-0.3, -0.25) is 9.59 Å². The normalized spacial score (nSPS) is 15.3. The summed E-state index contributed by atoms with van der Waals surface area (Å²) in [6, 6.07) is 8.71. The van der Waals surface area contributed by atoms with E-state index in [-0.39, 0.29) is 29.6 Å². The van der Waals surface area contributed by atoms with Crippen LogP contribution < -0.4 is 0 Å². The number of nitrogens with zero attached hydrogens (tertiary/aromatic N) is 3. The molecule has 0 spiro atoms. The fourth-order valence-electron chi connectivity index (χ4n) is 2.84. The molecule has 3 amide bonds. The van der Waals surface area contributed by atoms with E-state index in [9.17, 15) is 14.4 Å². The van der Waals surface area contributed by atoms with Gasteiger partial charge >= 0.3 is 23.2 Å². The zero-order chi connectivity index (χ0) is 25.1. The number of hydrogen-bond acceptors (Lipinski definition) is 5. The maximum atomic E-state index is 13.4. The number of rotatable bonds is 5. The molecule has 186 valence electrons. The van der Waals surface area contributed by atoms with E-state index in [1.54, 1.807) is 56.9 Å². The second-order valence-corrected chi connectivity index (χ2v) is 9.20. The first-order valence-corrected chi connectivity index (χ1v) is 11.6. The molecule has 3 rings (SSSR count). The summed E-state index contributed by atoms with van der Waals surface area (Å²) in [4.78, 5) is 38.8. The molecule has 35 heavy (non-hydrogen) atoms. The molecule has 0 heterocycles. The molecule has 0 aromatic heterocycles. The van der Waals surface area contributed by atoms with E-state index >= 15 is 0 Å². The Kier molecular flexibility index (Phi) is 13.8. The zero-order valence-corrected chi connectivity index (χ0v) is 22.4. The van der Waals surface area contributed by atoms with Crippen LogP contribution in [0.3, 0.4) is 0 Å². The van der Waals surface area contributed by atoms with Crippen molar-refractivity contribution >= 4 is 30.0 Å². The van der Waals surface area contributed by atoms with Gasteiger partial charge in [0, 0.05) is 12.6 Å². The van der Waals surface area contributed by atoms with Crippen LogP contribution in [-0.2, 0) is 26.6 Å². The summed E-state index contributed by atoms with van der Waals surface area (Å²) in [5.41, 5.74) is -0.320. The molecule has 1 aromatic rings. The largest absolute Gasteiger partial charge is 2.00 e. The molecule has 10 radical (unpaired) electrons. The third kappa shape index (κ3) is 9.70. The van der Waals surface area contributed by atoms with Crippen molar-refractivity contribution < 1.29 is 36.2 Å². The molecule has 0 N–H and O–H groups in total. The third-order valence-corrected chi connectivity index (χ3v) is 5.27. The van der Waals surface area contributed by atoms with E-state index < -0.39 is 17.5 Å². The molecule has 9 heteroatoms. The Hall–Kier alpha value is -1.70. The number of carbonyl (C=O) groups is 3.